The van der Waals surface area contributed by atoms with E-state index in [-0.39, 0.29) is 6.54 Å². The van der Waals surface area contributed by atoms with E-state index >= 15 is 0 Å². The lowest BCUT2D eigenvalue weighted by Gasteiger charge is -2.34. The molecule has 1 aliphatic rings. The molecule has 2 aromatic rings. The molecular formula is C20H22ClN3O3. The maximum absolute atomic E-state index is 10.8. The van der Waals surface area contributed by atoms with Crippen molar-refractivity contribution < 1.29 is 14.6 Å². The number of hydrogen-bond donors (Lipinski definition) is 1. The third kappa shape index (κ3) is 5.45. The van der Waals surface area contributed by atoms with Crippen LogP contribution in [0.5, 0.6) is 11.5 Å². The average Bonchev–Trinajstić information content (AvgIpc) is 2.65. The van der Waals surface area contributed by atoms with E-state index in [1.807, 2.05) is 48.2 Å². The fraction of sp³-hybridized carbons (Fsp3) is 0.300. The zero-order valence-corrected chi connectivity index (χ0v) is 15.9. The molecule has 6 nitrogen and oxygen atoms in total. The molecule has 0 atom stereocenters. The molecule has 0 aromatic heterocycles. The normalized spacial score (nSPS) is 15.6. The summed E-state index contributed by atoms with van der Waals surface area (Å²) in [4.78, 5) is 19.7. The molecule has 1 fully saturated rings. The predicted molar refractivity (Wildman–Crippen MR) is 106 cm³/mol. The average molecular weight is 388 g/mol. The number of piperazine rings is 1. The fourth-order valence-corrected chi connectivity index (χ4v) is 3.06. The van der Waals surface area contributed by atoms with Gasteiger partial charge in [-0.05, 0) is 43.3 Å². The Labute approximate surface area is 163 Å². The Balaban J connectivity index is 1.69. The molecule has 1 saturated heterocycles. The van der Waals surface area contributed by atoms with Gasteiger partial charge in [0, 0.05) is 31.2 Å². The number of halogens is 1. The molecule has 0 unspecified atom stereocenters. The maximum atomic E-state index is 10.8. The second kappa shape index (κ2) is 8.88. The van der Waals surface area contributed by atoms with E-state index in [9.17, 15) is 4.79 Å². The van der Waals surface area contributed by atoms with Crippen molar-refractivity contribution >= 4 is 29.1 Å². The number of hydrogen-bond acceptors (Lipinski definition) is 4. The monoisotopic (exact) mass is 387 g/mol. The fourth-order valence-electron chi connectivity index (χ4n) is 2.93. The Hall–Kier alpha value is -2.57. The molecule has 0 spiro atoms. The third-order valence-electron chi connectivity index (χ3n) is 4.38. The molecule has 1 aliphatic heterocycles. The first-order valence-corrected chi connectivity index (χ1v) is 9.16. The number of aliphatic carboxylic acids is 1. The summed E-state index contributed by atoms with van der Waals surface area (Å²) in [6.07, 6.45) is 0. The van der Waals surface area contributed by atoms with Crippen molar-refractivity contribution in [1.82, 2.24) is 9.80 Å². The van der Waals surface area contributed by atoms with Crippen molar-refractivity contribution in [3.63, 3.8) is 0 Å². The van der Waals surface area contributed by atoms with Gasteiger partial charge in [0.1, 0.15) is 17.3 Å². The van der Waals surface area contributed by atoms with Crippen molar-refractivity contribution in [3.05, 3.63) is 53.6 Å². The highest BCUT2D eigenvalue weighted by molar-refractivity contribution is 6.30. The Morgan fingerprint density at radius 1 is 1.11 bits per heavy atom. The van der Waals surface area contributed by atoms with Gasteiger partial charge in [-0.1, -0.05) is 23.7 Å². The molecule has 7 heteroatoms. The molecule has 2 aromatic carbocycles. The molecule has 0 aliphatic carbocycles. The molecule has 0 bridgehead atoms. The lowest BCUT2D eigenvalue weighted by Crippen LogP contribution is -2.49. The van der Waals surface area contributed by atoms with Gasteiger partial charge in [0.15, 0.2) is 5.75 Å². The molecule has 0 saturated carbocycles. The Kier molecular flexibility index (Phi) is 6.32. The predicted octanol–water partition coefficient (Wildman–Crippen LogP) is 3.88. The Bertz CT molecular complexity index is 815. The van der Waals surface area contributed by atoms with Crippen LogP contribution in [0, 0.1) is 0 Å². The van der Waals surface area contributed by atoms with Crippen LogP contribution >= 0.6 is 11.6 Å². The van der Waals surface area contributed by atoms with Crippen LogP contribution < -0.4 is 4.74 Å². The van der Waals surface area contributed by atoms with Crippen molar-refractivity contribution in [3.8, 4) is 11.5 Å². The molecule has 1 heterocycles. The number of carboxylic acids is 1. The van der Waals surface area contributed by atoms with Crippen molar-refractivity contribution in [2.75, 3.05) is 32.7 Å². The highest BCUT2D eigenvalue weighted by atomic mass is 35.5. The number of carbonyl (C=O) groups is 1. The Morgan fingerprint density at radius 3 is 2.44 bits per heavy atom. The number of carboxylic acid groups (broad SMARTS) is 1. The highest BCUT2D eigenvalue weighted by Crippen LogP contribution is 2.32. The summed E-state index contributed by atoms with van der Waals surface area (Å²) in [7, 11) is 0. The van der Waals surface area contributed by atoms with Gasteiger partial charge in [-0.15, -0.1) is 0 Å². The molecule has 142 valence electrons. The summed E-state index contributed by atoms with van der Waals surface area (Å²) < 4.78 is 5.96. The molecule has 1 N–H and O–H groups in total. The third-order valence-corrected chi connectivity index (χ3v) is 4.63. The summed E-state index contributed by atoms with van der Waals surface area (Å²) in [5.74, 6) is 1.46. The SMILES string of the molecule is CC(=Nc1ccccc1Oc1ccc(Cl)cc1)N1CCN(CC(=O)O)CC1. The number of aliphatic imine (C=N–C) groups is 1. The van der Waals surface area contributed by atoms with Gasteiger partial charge >= 0.3 is 5.97 Å². The largest absolute Gasteiger partial charge is 0.480 e. The van der Waals surface area contributed by atoms with Gasteiger partial charge in [0.25, 0.3) is 0 Å². The van der Waals surface area contributed by atoms with Gasteiger partial charge in [-0.2, -0.15) is 0 Å². The van der Waals surface area contributed by atoms with Gasteiger partial charge in [-0.3, -0.25) is 9.69 Å². The number of amidine groups is 1. The maximum Gasteiger partial charge on any atom is 0.317 e. The molecule has 3 rings (SSSR count). The van der Waals surface area contributed by atoms with Crippen LogP contribution in [0.15, 0.2) is 53.5 Å². The lowest BCUT2D eigenvalue weighted by atomic mass is 10.2. The van der Waals surface area contributed by atoms with E-state index in [1.165, 1.54) is 0 Å². The smallest absolute Gasteiger partial charge is 0.317 e. The number of ether oxygens (including phenoxy) is 1. The standard InChI is InChI=1S/C20H22ClN3O3/c1-15(24-12-10-23(11-13-24)14-20(25)26)22-18-4-2-3-5-19(18)27-17-8-6-16(21)7-9-17/h2-9H,10-14H2,1H3,(H,25,26). The van der Waals surface area contributed by atoms with Crippen LogP contribution in [-0.2, 0) is 4.79 Å². The summed E-state index contributed by atoms with van der Waals surface area (Å²) >= 11 is 5.92. The summed E-state index contributed by atoms with van der Waals surface area (Å²) in [6, 6.07) is 14.8. The zero-order valence-electron chi connectivity index (χ0n) is 15.1. The molecule has 27 heavy (non-hydrogen) atoms. The molecule has 0 amide bonds. The van der Waals surface area contributed by atoms with Gasteiger partial charge in [0.2, 0.25) is 0 Å². The van der Waals surface area contributed by atoms with Crippen molar-refractivity contribution in [1.29, 1.82) is 0 Å². The van der Waals surface area contributed by atoms with Gasteiger partial charge in [-0.25, -0.2) is 4.99 Å². The van der Waals surface area contributed by atoms with Crippen molar-refractivity contribution in [2.24, 2.45) is 4.99 Å². The number of para-hydroxylation sites is 2. The van der Waals surface area contributed by atoms with Crippen LogP contribution in [-0.4, -0.2) is 59.4 Å². The summed E-state index contributed by atoms with van der Waals surface area (Å²) in [6.45, 7) is 4.98. The van der Waals surface area contributed by atoms with E-state index in [2.05, 4.69) is 4.90 Å². The lowest BCUT2D eigenvalue weighted by molar-refractivity contribution is -0.138. The van der Waals surface area contributed by atoms with Crippen LogP contribution in [0.3, 0.4) is 0 Å². The van der Waals surface area contributed by atoms with Crippen LogP contribution in [0.4, 0.5) is 5.69 Å². The van der Waals surface area contributed by atoms with Crippen LogP contribution in [0.25, 0.3) is 0 Å². The minimum atomic E-state index is -0.790. The first-order chi connectivity index (χ1) is 13.0. The number of nitrogens with zero attached hydrogens (tertiary/aromatic N) is 3. The van der Waals surface area contributed by atoms with E-state index in [1.54, 1.807) is 12.1 Å². The first-order valence-electron chi connectivity index (χ1n) is 8.78. The zero-order chi connectivity index (χ0) is 19.2. The topological polar surface area (TPSA) is 65.4 Å². The summed E-state index contributed by atoms with van der Waals surface area (Å²) in [5, 5.41) is 9.56. The highest BCUT2D eigenvalue weighted by Gasteiger charge is 2.19. The van der Waals surface area contributed by atoms with Crippen LogP contribution in [0.2, 0.25) is 5.02 Å². The molecular weight excluding hydrogens is 366 g/mol. The van der Waals surface area contributed by atoms with Crippen molar-refractivity contribution in [2.45, 2.75) is 6.92 Å². The van der Waals surface area contributed by atoms with Gasteiger partial charge < -0.3 is 14.7 Å². The Morgan fingerprint density at radius 2 is 1.78 bits per heavy atom. The minimum Gasteiger partial charge on any atom is -0.480 e. The van der Waals surface area contributed by atoms with Gasteiger partial charge in [0.05, 0.1) is 6.54 Å². The van der Waals surface area contributed by atoms with E-state index < -0.39 is 5.97 Å². The van der Waals surface area contributed by atoms with E-state index in [4.69, 9.17) is 26.4 Å². The second-order valence-electron chi connectivity index (χ2n) is 6.34. The summed E-state index contributed by atoms with van der Waals surface area (Å²) in [5.41, 5.74) is 0.748. The van der Waals surface area contributed by atoms with E-state index in [0.717, 1.165) is 24.6 Å². The first kappa shape index (κ1) is 19.2. The number of benzene rings is 2. The second-order valence-corrected chi connectivity index (χ2v) is 6.78. The van der Waals surface area contributed by atoms with Crippen LogP contribution in [0.1, 0.15) is 6.92 Å². The molecule has 0 radical (unpaired) electrons. The minimum absolute atomic E-state index is 0.0851. The number of rotatable bonds is 5. The van der Waals surface area contributed by atoms with E-state index in [0.29, 0.717) is 29.6 Å². The quantitative estimate of drug-likeness (QED) is 0.623.